The van der Waals surface area contributed by atoms with Gasteiger partial charge in [0, 0.05) is 54.2 Å². The molecule has 36 heavy (non-hydrogen) atoms. The molecule has 1 fully saturated rings. The van der Waals surface area contributed by atoms with Crippen molar-refractivity contribution in [2.75, 3.05) is 38.3 Å². The Morgan fingerprint density at radius 1 is 1.14 bits per heavy atom. The molecule has 1 aliphatic rings. The van der Waals surface area contributed by atoms with Crippen LogP contribution in [0.25, 0.3) is 0 Å². The van der Waals surface area contributed by atoms with Crippen LogP contribution in [0.15, 0.2) is 59.2 Å². The molecule has 0 atom stereocenters. The molecule has 2 heterocycles. The normalized spacial score (nSPS) is 13.9. The number of anilines is 1. The van der Waals surface area contributed by atoms with Crippen LogP contribution in [0.3, 0.4) is 0 Å². The average Bonchev–Trinajstić information content (AvgIpc) is 2.89. The van der Waals surface area contributed by atoms with Gasteiger partial charge in [-0.05, 0) is 83.6 Å². The second kappa shape index (κ2) is 12.5. The SMILES string of the molecule is COc1cc(C(=O)NCC2CCN(c3ccnc(C)c3)CC2)cc(OCCc2ccc(Cl)cc2)c1Br. The fourth-order valence-electron chi connectivity index (χ4n) is 4.35. The molecule has 4 rings (SSSR count). The first-order valence-electron chi connectivity index (χ1n) is 12.1. The van der Waals surface area contributed by atoms with E-state index in [0.29, 0.717) is 45.6 Å². The van der Waals surface area contributed by atoms with Gasteiger partial charge in [0.2, 0.25) is 0 Å². The molecule has 0 aliphatic carbocycles. The Labute approximate surface area is 226 Å². The number of methoxy groups -OCH3 is 1. The molecule has 0 bridgehead atoms. The number of ether oxygens (including phenoxy) is 2. The summed E-state index contributed by atoms with van der Waals surface area (Å²) >= 11 is 9.51. The maximum absolute atomic E-state index is 13.0. The highest BCUT2D eigenvalue weighted by molar-refractivity contribution is 9.10. The Kier molecular flexibility index (Phi) is 9.10. The minimum absolute atomic E-state index is 0.129. The number of carbonyl (C=O) groups is 1. The van der Waals surface area contributed by atoms with E-state index in [2.05, 4.69) is 43.3 Å². The van der Waals surface area contributed by atoms with Gasteiger partial charge in [-0.15, -0.1) is 0 Å². The number of carbonyl (C=O) groups excluding carboxylic acids is 1. The molecular formula is C28H31BrClN3O3. The van der Waals surface area contributed by atoms with Gasteiger partial charge in [0.25, 0.3) is 5.91 Å². The number of benzene rings is 2. The number of rotatable bonds is 9. The Bertz CT molecular complexity index is 1180. The van der Waals surface area contributed by atoms with Gasteiger partial charge >= 0.3 is 0 Å². The Balaban J connectivity index is 1.31. The highest BCUT2D eigenvalue weighted by atomic mass is 79.9. The number of halogens is 2. The Hall–Kier alpha value is -2.77. The summed E-state index contributed by atoms with van der Waals surface area (Å²) in [7, 11) is 1.58. The van der Waals surface area contributed by atoms with Crippen molar-refractivity contribution >= 4 is 39.1 Å². The number of hydrogen-bond acceptors (Lipinski definition) is 5. The molecule has 1 aromatic heterocycles. The topological polar surface area (TPSA) is 63.7 Å². The Morgan fingerprint density at radius 2 is 1.86 bits per heavy atom. The zero-order chi connectivity index (χ0) is 25.5. The molecule has 1 N–H and O–H groups in total. The zero-order valence-electron chi connectivity index (χ0n) is 20.6. The smallest absolute Gasteiger partial charge is 0.251 e. The van der Waals surface area contributed by atoms with E-state index in [1.807, 2.05) is 37.4 Å². The van der Waals surface area contributed by atoms with Crippen LogP contribution in [0.4, 0.5) is 5.69 Å². The Morgan fingerprint density at radius 3 is 2.56 bits per heavy atom. The molecule has 6 nitrogen and oxygen atoms in total. The number of nitrogens with zero attached hydrogens (tertiary/aromatic N) is 2. The second-order valence-corrected chi connectivity index (χ2v) is 10.2. The van der Waals surface area contributed by atoms with Gasteiger partial charge < -0.3 is 19.7 Å². The fraction of sp³-hybridized carbons (Fsp3) is 0.357. The van der Waals surface area contributed by atoms with Crippen molar-refractivity contribution < 1.29 is 14.3 Å². The molecule has 0 radical (unpaired) electrons. The second-order valence-electron chi connectivity index (χ2n) is 9.01. The third-order valence-corrected chi connectivity index (χ3v) is 7.49. The molecule has 1 saturated heterocycles. The van der Waals surface area contributed by atoms with Crippen molar-refractivity contribution in [3.05, 3.63) is 81.0 Å². The quantitative estimate of drug-likeness (QED) is 0.337. The van der Waals surface area contributed by atoms with E-state index < -0.39 is 0 Å². The van der Waals surface area contributed by atoms with Crippen molar-refractivity contribution in [2.24, 2.45) is 5.92 Å². The zero-order valence-corrected chi connectivity index (χ0v) is 22.9. The molecule has 0 saturated carbocycles. The summed E-state index contributed by atoms with van der Waals surface area (Å²) in [5.74, 6) is 1.45. The fourth-order valence-corrected chi connectivity index (χ4v) is 4.98. The molecule has 8 heteroatoms. The molecule has 190 valence electrons. The van der Waals surface area contributed by atoms with E-state index in [1.54, 1.807) is 19.2 Å². The van der Waals surface area contributed by atoms with Crippen LogP contribution < -0.4 is 19.7 Å². The summed E-state index contributed by atoms with van der Waals surface area (Å²) in [6.45, 7) is 5.07. The molecule has 0 spiro atoms. The van der Waals surface area contributed by atoms with Crippen molar-refractivity contribution in [1.29, 1.82) is 0 Å². The first-order valence-corrected chi connectivity index (χ1v) is 13.3. The van der Waals surface area contributed by atoms with E-state index in [9.17, 15) is 4.79 Å². The number of nitrogens with one attached hydrogen (secondary N) is 1. The summed E-state index contributed by atoms with van der Waals surface area (Å²) in [5, 5.41) is 3.82. The molecule has 3 aromatic rings. The number of pyridine rings is 1. The van der Waals surface area contributed by atoms with Crippen LogP contribution in [0, 0.1) is 12.8 Å². The highest BCUT2D eigenvalue weighted by Crippen LogP contribution is 2.36. The molecular weight excluding hydrogens is 542 g/mol. The summed E-state index contributed by atoms with van der Waals surface area (Å²) in [6, 6.07) is 15.4. The van der Waals surface area contributed by atoms with E-state index in [0.717, 1.165) is 43.6 Å². The number of aromatic nitrogens is 1. The maximum atomic E-state index is 13.0. The van der Waals surface area contributed by atoms with Gasteiger partial charge in [0.15, 0.2) is 0 Å². The summed E-state index contributed by atoms with van der Waals surface area (Å²) < 4.78 is 12.2. The largest absolute Gasteiger partial charge is 0.495 e. The summed E-state index contributed by atoms with van der Waals surface area (Å²) in [4.78, 5) is 19.7. The summed E-state index contributed by atoms with van der Waals surface area (Å²) in [5.41, 5.74) is 3.89. The predicted octanol–water partition coefficient (Wildman–Crippen LogP) is 6.08. The average molecular weight is 573 g/mol. The highest BCUT2D eigenvalue weighted by Gasteiger charge is 2.21. The number of aryl methyl sites for hydroxylation is 1. The van der Waals surface area contributed by atoms with Crippen LogP contribution in [0.2, 0.25) is 5.02 Å². The van der Waals surface area contributed by atoms with Crippen molar-refractivity contribution in [3.63, 3.8) is 0 Å². The van der Waals surface area contributed by atoms with E-state index in [4.69, 9.17) is 21.1 Å². The van der Waals surface area contributed by atoms with Gasteiger partial charge in [0.05, 0.1) is 13.7 Å². The van der Waals surface area contributed by atoms with E-state index >= 15 is 0 Å². The van der Waals surface area contributed by atoms with Gasteiger partial charge in [-0.1, -0.05) is 23.7 Å². The number of piperidine rings is 1. The molecule has 1 amide bonds. The monoisotopic (exact) mass is 571 g/mol. The standard InChI is InChI=1S/C28H31BrClN3O3/c1-19-15-24(7-11-31-19)33-12-8-21(9-13-33)18-32-28(34)22-16-25(35-2)27(29)26(17-22)36-14-10-20-3-5-23(30)6-4-20/h3-7,11,15-17,21H,8-10,12-14,18H2,1-2H3,(H,32,34). The molecule has 1 aliphatic heterocycles. The van der Waals surface area contributed by atoms with E-state index in [1.165, 1.54) is 5.69 Å². The summed E-state index contributed by atoms with van der Waals surface area (Å²) in [6.07, 6.45) is 4.65. The maximum Gasteiger partial charge on any atom is 0.251 e. The lowest BCUT2D eigenvalue weighted by molar-refractivity contribution is 0.0944. The van der Waals surface area contributed by atoms with Gasteiger partial charge in [-0.3, -0.25) is 9.78 Å². The lowest BCUT2D eigenvalue weighted by Crippen LogP contribution is -2.38. The van der Waals surface area contributed by atoms with Gasteiger partial charge in [-0.25, -0.2) is 0 Å². The van der Waals surface area contributed by atoms with Crippen LogP contribution in [0.5, 0.6) is 11.5 Å². The van der Waals surface area contributed by atoms with E-state index in [-0.39, 0.29) is 5.91 Å². The van der Waals surface area contributed by atoms with Crippen molar-refractivity contribution in [2.45, 2.75) is 26.2 Å². The van der Waals surface area contributed by atoms with Crippen molar-refractivity contribution in [3.8, 4) is 11.5 Å². The first-order chi connectivity index (χ1) is 17.4. The lowest BCUT2D eigenvalue weighted by atomic mass is 9.96. The number of amides is 1. The molecule has 2 aromatic carbocycles. The van der Waals surface area contributed by atoms with Crippen LogP contribution >= 0.6 is 27.5 Å². The van der Waals surface area contributed by atoms with Gasteiger partial charge in [0.1, 0.15) is 16.0 Å². The van der Waals surface area contributed by atoms with Crippen molar-refractivity contribution in [1.82, 2.24) is 10.3 Å². The molecule has 0 unspecified atom stereocenters. The number of hydrogen-bond donors (Lipinski definition) is 1. The first kappa shape index (κ1) is 26.3. The lowest BCUT2D eigenvalue weighted by Gasteiger charge is -2.33. The van der Waals surface area contributed by atoms with Gasteiger partial charge in [-0.2, -0.15) is 0 Å². The minimum Gasteiger partial charge on any atom is -0.495 e. The third kappa shape index (κ3) is 6.92. The minimum atomic E-state index is -0.129. The van der Waals surface area contributed by atoms with Crippen LogP contribution in [-0.2, 0) is 6.42 Å². The van der Waals surface area contributed by atoms with Crippen LogP contribution in [-0.4, -0.2) is 44.2 Å². The predicted molar refractivity (Wildman–Crippen MR) is 148 cm³/mol. The van der Waals surface area contributed by atoms with Crippen LogP contribution in [0.1, 0.15) is 34.5 Å². The third-order valence-electron chi connectivity index (χ3n) is 6.46.